The molecule has 0 bridgehead atoms. The van der Waals surface area contributed by atoms with Gasteiger partial charge in [0, 0.05) is 27.9 Å². The minimum absolute atomic E-state index is 0.153. The Balaban J connectivity index is 2.09. The van der Waals surface area contributed by atoms with Crippen molar-refractivity contribution in [3.63, 3.8) is 0 Å². The van der Waals surface area contributed by atoms with Gasteiger partial charge in [-0.1, -0.05) is 18.5 Å². The van der Waals surface area contributed by atoms with Gasteiger partial charge in [0.15, 0.2) is 5.78 Å². The molecule has 1 saturated carbocycles. The van der Waals surface area contributed by atoms with Crippen molar-refractivity contribution in [2.75, 3.05) is 5.32 Å². The lowest BCUT2D eigenvalue weighted by molar-refractivity contribution is -0.119. The number of ketones is 1. The van der Waals surface area contributed by atoms with Gasteiger partial charge in [-0.3, -0.25) is 4.79 Å². The van der Waals surface area contributed by atoms with Crippen LogP contribution in [0.15, 0.2) is 34.4 Å². The first-order valence-electron chi connectivity index (χ1n) is 6.03. The van der Waals surface area contributed by atoms with Crippen molar-refractivity contribution in [1.29, 1.82) is 0 Å². The summed E-state index contributed by atoms with van der Waals surface area (Å²) in [6, 6.07) is 5.64. The summed E-state index contributed by atoms with van der Waals surface area (Å²) in [6.07, 6.45) is 4.76. The van der Waals surface area contributed by atoms with Crippen molar-refractivity contribution < 1.29 is 4.79 Å². The summed E-state index contributed by atoms with van der Waals surface area (Å²) < 4.78 is 0.865. The second-order valence-electron chi connectivity index (χ2n) is 4.60. The van der Waals surface area contributed by atoms with Crippen molar-refractivity contribution in [2.45, 2.75) is 26.2 Å². The van der Waals surface area contributed by atoms with E-state index in [1.54, 1.807) is 0 Å². The van der Waals surface area contributed by atoms with E-state index < -0.39 is 0 Å². The largest absolute Gasteiger partial charge is 0.361 e. The Labute approximate surface area is 121 Å². The number of rotatable bonds is 2. The molecular weight excluding hydrogens is 314 g/mol. The number of carbonyl (C=O) groups excluding carboxylic acids is 1. The third-order valence-electron chi connectivity index (χ3n) is 3.18. The van der Waals surface area contributed by atoms with Crippen molar-refractivity contribution >= 4 is 39.0 Å². The second kappa shape index (κ2) is 5.89. The van der Waals surface area contributed by atoms with Crippen LogP contribution in [0.1, 0.15) is 26.2 Å². The predicted molar refractivity (Wildman–Crippen MR) is 78.9 cm³/mol. The summed E-state index contributed by atoms with van der Waals surface area (Å²) in [5, 5.41) is 3.80. The molecule has 0 radical (unpaired) electrons. The summed E-state index contributed by atoms with van der Waals surface area (Å²) in [5.41, 5.74) is 1.77. The highest BCUT2D eigenvalue weighted by atomic mass is 79.9. The van der Waals surface area contributed by atoms with E-state index in [9.17, 15) is 4.79 Å². The van der Waals surface area contributed by atoms with Crippen LogP contribution in [0.2, 0.25) is 5.02 Å². The van der Waals surface area contributed by atoms with E-state index in [0.717, 1.165) is 35.0 Å². The van der Waals surface area contributed by atoms with Gasteiger partial charge >= 0.3 is 0 Å². The third kappa shape index (κ3) is 3.15. The molecule has 1 aromatic rings. The van der Waals surface area contributed by atoms with Gasteiger partial charge in [0.05, 0.1) is 5.02 Å². The van der Waals surface area contributed by atoms with Crippen molar-refractivity contribution in [3.8, 4) is 0 Å². The van der Waals surface area contributed by atoms with Crippen LogP contribution in [0.4, 0.5) is 5.69 Å². The van der Waals surface area contributed by atoms with Gasteiger partial charge < -0.3 is 5.32 Å². The zero-order chi connectivity index (χ0) is 13.1. The number of anilines is 1. The lowest BCUT2D eigenvalue weighted by atomic mass is 9.86. The molecular formula is C14H15BrClNO. The first kappa shape index (κ1) is 13.6. The van der Waals surface area contributed by atoms with E-state index in [-0.39, 0.29) is 11.7 Å². The molecule has 18 heavy (non-hydrogen) atoms. The van der Waals surface area contributed by atoms with Crippen LogP contribution in [-0.4, -0.2) is 5.78 Å². The Bertz CT molecular complexity index is 499. The van der Waals surface area contributed by atoms with E-state index in [1.165, 1.54) is 0 Å². The molecule has 0 aliphatic heterocycles. The molecule has 1 atom stereocenters. The Kier molecular flexibility index (Phi) is 4.46. The molecule has 0 spiro atoms. The Morgan fingerprint density at radius 2 is 2.28 bits per heavy atom. The maximum absolute atomic E-state index is 11.9. The summed E-state index contributed by atoms with van der Waals surface area (Å²) >= 11 is 9.36. The molecule has 2 rings (SSSR count). The van der Waals surface area contributed by atoms with Crippen LogP contribution in [0.25, 0.3) is 0 Å². The first-order chi connectivity index (χ1) is 8.58. The lowest BCUT2D eigenvalue weighted by Crippen LogP contribution is -2.19. The van der Waals surface area contributed by atoms with E-state index in [4.69, 9.17) is 11.6 Å². The SMILES string of the molecule is C[C@@H]1CCC/C(=C/Nc2ccc(Br)c(Cl)c2)C1=O. The molecule has 1 aromatic carbocycles. The Hall–Kier alpha value is -0.800. The number of allylic oxidation sites excluding steroid dienone is 1. The molecule has 0 heterocycles. The zero-order valence-electron chi connectivity index (χ0n) is 10.2. The minimum Gasteiger partial charge on any atom is -0.361 e. The summed E-state index contributed by atoms with van der Waals surface area (Å²) in [5.74, 6) is 0.414. The normalized spacial score (nSPS) is 22.3. The molecule has 1 aliphatic rings. The molecule has 4 heteroatoms. The van der Waals surface area contributed by atoms with E-state index in [1.807, 2.05) is 31.3 Å². The maximum Gasteiger partial charge on any atom is 0.163 e. The number of nitrogens with one attached hydrogen (secondary N) is 1. The number of carbonyl (C=O) groups is 1. The highest BCUT2D eigenvalue weighted by molar-refractivity contribution is 9.10. The molecule has 0 aromatic heterocycles. The molecule has 1 N–H and O–H groups in total. The molecule has 96 valence electrons. The predicted octanol–water partition coefficient (Wildman–Crippen LogP) is 4.79. The van der Waals surface area contributed by atoms with Crippen LogP contribution in [0, 0.1) is 5.92 Å². The Morgan fingerprint density at radius 3 is 3.00 bits per heavy atom. The van der Waals surface area contributed by atoms with Gasteiger partial charge in [-0.15, -0.1) is 0 Å². The van der Waals surface area contributed by atoms with Gasteiger partial charge in [0.1, 0.15) is 0 Å². The zero-order valence-corrected chi connectivity index (χ0v) is 12.5. The second-order valence-corrected chi connectivity index (χ2v) is 5.86. The van der Waals surface area contributed by atoms with E-state index >= 15 is 0 Å². The fourth-order valence-corrected chi connectivity index (χ4v) is 2.50. The number of halogens is 2. The Morgan fingerprint density at radius 1 is 1.50 bits per heavy atom. The summed E-state index contributed by atoms with van der Waals surface area (Å²) in [4.78, 5) is 11.9. The van der Waals surface area contributed by atoms with E-state index in [0.29, 0.717) is 5.02 Å². The fourth-order valence-electron chi connectivity index (χ4n) is 2.07. The third-order valence-corrected chi connectivity index (χ3v) is 4.41. The van der Waals surface area contributed by atoms with Crippen LogP contribution < -0.4 is 5.32 Å². The average molecular weight is 329 g/mol. The van der Waals surface area contributed by atoms with Crippen molar-refractivity contribution in [3.05, 3.63) is 39.5 Å². The molecule has 1 fully saturated rings. The highest BCUT2D eigenvalue weighted by Crippen LogP contribution is 2.27. The number of benzene rings is 1. The van der Waals surface area contributed by atoms with Crippen LogP contribution in [-0.2, 0) is 4.79 Å². The standard InChI is InChI=1S/C14H15BrClNO/c1-9-3-2-4-10(14(9)18)8-17-11-5-6-12(15)13(16)7-11/h5-9,17H,2-4H2,1H3/b10-8-/t9-/m1/s1. The highest BCUT2D eigenvalue weighted by Gasteiger charge is 2.22. The molecule has 0 amide bonds. The van der Waals surface area contributed by atoms with Gasteiger partial charge in [-0.25, -0.2) is 0 Å². The smallest absolute Gasteiger partial charge is 0.163 e. The minimum atomic E-state index is 0.153. The molecule has 0 unspecified atom stereocenters. The molecule has 1 aliphatic carbocycles. The monoisotopic (exact) mass is 327 g/mol. The summed E-state index contributed by atoms with van der Waals surface area (Å²) in [7, 11) is 0. The fraction of sp³-hybridized carbons (Fsp3) is 0.357. The van der Waals surface area contributed by atoms with Crippen LogP contribution >= 0.6 is 27.5 Å². The van der Waals surface area contributed by atoms with Gasteiger partial charge in [0.25, 0.3) is 0 Å². The lowest BCUT2D eigenvalue weighted by Gasteiger charge is -2.19. The van der Waals surface area contributed by atoms with Crippen LogP contribution in [0.5, 0.6) is 0 Å². The molecule has 0 saturated heterocycles. The number of hydrogen-bond acceptors (Lipinski definition) is 2. The number of Topliss-reactive ketones (excluding diaryl/α,β-unsaturated/α-hetero) is 1. The number of hydrogen-bond donors (Lipinski definition) is 1. The van der Waals surface area contributed by atoms with Crippen LogP contribution in [0.3, 0.4) is 0 Å². The van der Waals surface area contributed by atoms with Crippen molar-refractivity contribution in [2.24, 2.45) is 5.92 Å². The summed E-state index contributed by atoms with van der Waals surface area (Å²) in [6.45, 7) is 1.99. The maximum atomic E-state index is 11.9. The average Bonchev–Trinajstić information content (AvgIpc) is 2.35. The van der Waals surface area contributed by atoms with Gasteiger partial charge in [0.2, 0.25) is 0 Å². The van der Waals surface area contributed by atoms with Gasteiger partial charge in [-0.2, -0.15) is 0 Å². The quantitative estimate of drug-likeness (QED) is 0.791. The van der Waals surface area contributed by atoms with E-state index in [2.05, 4.69) is 21.2 Å². The van der Waals surface area contributed by atoms with Crippen molar-refractivity contribution in [1.82, 2.24) is 0 Å². The topological polar surface area (TPSA) is 29.1 Å². The van der Waals surface area contributed by atoms with Gasteiger partial charge in [-0.05, 0) is 53.4 Å². The molecule has 2 nitrogen and oxygen atoms in total. The first-order valence-corrected chi connectivity index (χ1v) is 7.20.